The summed E-state index contributed by atoms with van der Waals surface area (Å²) in [5.41, 5.74) is 4.85. The monoisotopic (exact) mass is 470 g/mol. The van der Waals surface area contributed by atoms with Crippen LogP contribution in [0.1, 0.15) is 43.6 Å². The highest BCUT2D eigenvalue weighted by atomic mass is 16.5. The first-order valence-electron chi connectivity index (χ1n) is 12.3. The molecule has 6 nitrogen and oxygen atoms in total. The molecule has 1 heterocycles. The number of carboxylic acid groups (broad SMARTS) is 1. The molecule has 1 aliphatic carbocycles. The van der Waals surface area contributed by atoms with Gasteiger partial charge in [0.15, 0.2) is 5.75 Å². The van der Waals surface area contributed by atoms with E-state index in [0.717, 1.165) is 53.9 Å². The molecule has 3 aromatic carbocycles. The summed E-state index contributed by atoms with van der Waals surface area (Å²) in [5.74, 6) is 0.816. The highest BCUT2D eigenvalue weighted by Gasteiger charge is 2.27. The van der Waals surface area contributed by atoms with Crippen molar-refractivity contribution in [3.8, 4) is 16.9 Å². The summed E-state index contributed by atoms with van der Waals surface area (Å²) in [6.07, 6.45) is 4.30. The van der Waals surface area contributed by atoms with Crippen LogP contribution in [0.25, 0.3) is 11.1 Å². The van der Waals surface area contributed by atoms with Gasteiger partial charge in [-0.25, -0.2) is 4.79 Å². The van der Waals surface area contributed by atoms with Crippen LogP contribution in [0.15, 0.2) is 72.8 Å². The van der Waals surface area contributed by atoms with E-state index < -0.39 is 5.97 Å². The van der Waals surface area contributed by atoms with Crippen LogP contribution in [0.5, 0.6) is 5.75 Å². The van der Waals surface area contributed by atoms with Gasteiger partial charge in [0.25, 0.3) is 0 Å². The van der Waals surface area contributed by atoms with E-state index in [9.17, 15) is 9.59 Å². The minimum Gasteiger partial charge on any atom is -0.489 e. The van der Waals surface area contributed by atoms with Crippen LogP contribution < -0.4 is 15.0 Å². The van der Waals surface area contributed by atoms with Crippen LogP contribution in [0.4, 0.5) is 16.2 Å². The quantitative estimate of drug-likeness (QED) is 0.444. The molecule has 3 aromatic rings. The third-order valence-corrected chi connectivity index (χ3v) is 7.12. The normalized spacial score (nSPS) is 19.4. The van der Waals surface area contributed by atoms with E-state index >= 15 is 0 Å². The zero-order chi connectivity index (χ0) is 24.2. The number of para-hydroxylation sites is 2. The molecule has 0 aromatic heterocycles. The topological polar surface area (TPSA) is 78.9 Å². The van der Waals surface area contributed by atoms with Crippen LogP contribution in [-0.2, 0) is 4.79 Å². The number of nitrogens with zero attached hydrogens (tertiary/aromatic N) is 1. The number of hydrogen-bond donors (Lipinski definition) is 2. The molecule has 2 aliphatic rings. The molecule has 0 atom stereocenters. The number of urea groups is 1. The SMILES string of the molecule is O=C(O)CC1CCC(c2ccc(-c3cccc4c3OCCN4C(=O)Nc3ccccc3)cc2)CC1. The van der Waals surface area contributed by atoms with Gasteiger partial charge in [-0.3, -0.25) is 9.69 Å². The molecule has 0 unspecified atom stereocenters. The maximum Gasteiger partial charge on any atom is 0.326 e. The lowest BCUT2D eigenvalue weighted by Crippen LogP contribution is -2.40. The van der Waals surface area contributed by atoms with Gasteiger partial charge in [0, 0.05) is 17.7 Å². The number of rotatable bonds is 5. The van der Waals surface area contributed by atoms with Gasteiger partial charge >= 0.3 is 12.0 Å². The number of fused-ring (bicyclic) bond motifs is 1. The fraction of sp³-hybridized carbons (Fsp3) is 0.310. The van der Waals surface area contributed by atoms with Crippen molar-refractivity contribution in [2.75, 3.05) is 23.4 Å². The van der Waals surface area contributed by atoms with E-state index in [1.807, 2.05) is 48.5 Å². The fourth-order valence-corrected chi connectivity index (χ4v) is 5.28. The van der Waals surface area contributed by atoms with Crippen molar-refractivity contribution < 1.29 is 19.4 Å². The molecule has 5 rings (SSSR count). The maximum absolute atomic E-state index is 13.0. The second-order valence-corrected chi connectivity index (χ2v) is 9.39. The lowest BCUT2D eigenvalue weighted by molar-refractivity contribution is -0.138. The maximum atomic E-state index is 13.0. The van der Waals surface area contributed by atoms with Gasteiger partial charge in [0.05, 0.1) is 12.2 Å². The molecule has 2 N–H and O–H groups in total. The number of nitrogens with one attached hydrogen (secondary N) is 1. The molecule has 35 heavy (non-hydrogen) atoms. The van der Waals surface area contributed by atoms with E-state index in [-0.39, 0.29) is 12.5 Å². The van der Waals surface area contributed by atoms with Gasteiger partial charge < -0.3 is 15.2 Å². The summed E-state index contributed by atoms with van der Waals surface area (Å²) in [6, 6.07) is 23.8. The number of amides is 2. The zero-order valence-electron chi connectivity index (χ0n) is 19.7. The van der Waals surface area contributed by atoms with Gasteiger partial charge in [-0.2, -0.15) is 0 Å². The Balaban J connectivity index is 1.32. The summed E-state index contributed by atoms with van der Waals surface area (Å²) >= 11 is 0. The standard InChI is InChI=1S/C29H30N2O4/c32-27(33)19-20-9-11-21(12-10-20)22-13-15-23(16-14-22)25-7-4-8-26-28(25)35-18-17-31(26)29(34)30-24-5-2-1-3-6-24/h1-8,13-16,20-21H,9-12,17-19H2,(H,30,34)(H,32,33). The van der Waals surface area contributed by atoms with Crippen LogP contribution in [0.2, 0.25) is 0 Å². The third-order valence-electron chi connectivity index (χ3n) is 7.12. The lowest BCUT2D eigenvalue weighted by Gasteiger charge is -2.31. The van der Waals surface area contributed by atoms with Crippen molar-refractivity contribution in [3.63, 3.8) is 0 Å². The molecule has 0 radical (unpaired) electrons. The smallest absolute Gasteiger partial charge is 0.326 e. The third kappa shape index (κ3) is 5.16. The van der Waals surface area contributed by atoms with Crippen LogP contribution in [-0.4, -0.2) is 30.3 Å². The second kappa shape index (κ2) is 10.2. The van der Waals surface area contributed by atoms with Gasteiger partial charge in [-0.1, -0.05) is 54.6 Å². The molecular weight excluding hydrogens is 440 g/mol. The average Bonchev–Trinajstić information content (AvgIpc) is 2.89. The fourth-order valence-electron chi connectivity index (χ4n) is 5.28. The molecule has 0 spiro atoms. The number of ether oxygens (including phenoxy) is 1. The summed E-state index contributed by atoms with van der Waals surface area (Å²) < 4.78 is 6.06. The van der Waals surface area contributed by atoms with Crippen molar-refractivity contribution >= 4 is 23.4 Å². The van der Waals surface area contributed by atoms with Crippen molar-refractivity contribution in [1.29, 1.82) is 0 Å². The van der Waals surface area contributed by atoms with Gasteiger partial charge in [-0.15, -0.1) is 0 Å². The number of benzene rings is 3. The van der Waals surface area contributed by atoms with Crippen molar-refractivity contribution in [3.05, 3.63) is 78.4 Å². The Morgan fingerprint density at radius 2 is 1.66 bits per heavy atom. The molecule has 1 saturated carbocycles. The highest BCUT2D eigenvalue weighted by Crippen LogP contribution is 2.42. The van der Waals surface area contributed by atoms with Crippen molar-refractivity contribution in [2.24, 2.45) is 5.92 Å². The Morgan fingerprint density at radius 1 is 0.914 bits per heavy atom. The Bertz CT molecular complexity index is 1190. The van der Waals surface area contributed by atoms with E-state index in [4.69, 9.17) is 9.84 Å². The van der Waals surface area contributed by atoms with Crippen LogP contribution in [0, 0.1) is 5.92 Å². The summed E-state index contributed by atoms with van der Waals surface area (Å²) in [7, 11) is 0. The molecule has 1 fully saturated rings. The Morgan fingerprint density at radius 3 is 2.37 bits per heavy atom. The molecule has 1 aliphatic heterocycles. The Labute approximate surface area is 205 Å². The number of aliphatic carboxylic acids is 1. The van der Waals surface area contributed by atoms with Crippen LogP contribution >= 0.6 is 0 Å². The number of carboxylic acids is 1. The highest BCUT2D eigenvalue weighted by molar-refractivity contribution is 6.04. The molecule has 2 amide bonds. The van der Waals surface area contributed by atoms with Gasteiger partial charge in [0.2, 0.25) is 0 Å². The van der Waals surface area contributed by atoms with Gasteiger partial charge in [0.1, 0.15) is 6.61 Å². The first kappa shape index (κ1) is 23.0. The Hall–Kier alpha value is -3.80. The minimum absolute atomic E-state index is 0.174. The average molecular weight is 471 g/mol. The summed E-state index contributed by atoms with van der Waals surface area (Å²) in [6.45, 7) is 0.919. The minimum atomic E-state index is -0.692. The van der Waals surface area contributed by atoms with Gasteiger partial charge in [-0.05, 0) is 66.8 Å². The molecule has 6 heteroatoms. The first-order chi connectivity index (χ1) is 17.1. The van der Waals surface area contributed by atoms with E-state index in [2.05, 4.69) is 29.6 Å². The van der Waals surface area contributed by atoms with Crippen LogP contribution in [0.3, 0.4) is 0 Å². The number of carbonyl (C=O) groups excluding carboxylic acids is 1. The predicted molar refractivity (Wildman–Crippen MR) is 137 cm³/mol. The number of carbonyl (C=O) groups is 2. The zero-order valence-corrected chi connectivity index (χ0v) is 19.7. The summed E-state index contributed by atoms with van der Waals surface area (Å²) in [5, 5.41) is 12.0. The van der Waals surface area contributed by atoms with E-state index in [0.29, 0.717) is 25.0 Å². The Kier molecular flexibility index (Phi) is 6.70. The molecule has 180 valence electrons. The largest absolute Gasteiger partial charge is 0.489 e. The number of hydrogen-bond acceptors (Lipinski definition) is 3. The molecule has 0 saturated heterocycles. The van der Waals surface area contributed by atoms with E-state index in [1.165, 1.54) is 5.56 Å². The summed E-state index contributed by atoms with van der Waals surface area (Å²) in [4.78, 5) is 25.7. The van der Waals surface area contributed by atoms with Crippen molar-refractivity contribution in [1.82, 2.24) is 0 Å². The molecular formula is C29H30N2O4. The first-order valence-corrected chi connectivity index (χ1v) is 12.3. The van der Waals surface area contributed by atoms with E-state index in [1.54, 1.807) is 4.90 Å². The molecule has 0 bridgehead atoms. The second-order valence-electron chi connectivity index (χ2n) is 9.39. The van der Waals surface area contributed by atoms with Crippen molar-refractivity contribution in [2.45, 2.75) is 38.0 Å². The predicted octanol–water partition coefficient (Wildman–Crippen LogP) is 6.53. The number of anilines is 2. The lowest BCUT2D eigenvalue weighted by atomic mass is 9.77.